The molecule has 3 aromatic rings. The van der Waals surface area contributed by atoms with Crippen molar-refractivity contribution in [2.24, 2.45) is 0 Å². The molecule has 4 rings (SSSR count). The Kier molecular flexibility index (Phi) is 4.71. The normalized spacial score (nSPS) is 13.5. The number of carbonyl (C=O) groups is 1. The Hall–Kier alpha value is -1.57. The maximum atomic E-state index is 14.1. The van der Waals surface area contributed by atoms with Gasteiger partial charge in [0.05, 0.1) is 11.3 Å². The third-order valence-corrected chi connectivity index (χ3v) is 6.95. The van der Waals surface area contributed by atoms with Gasteiger partial charge in [-0.25, -0.2) is 4.39 Å². The molecule has 3 heterocycles. The van der Waals surface area contributed by atoms with E-state index in [0.717, 1.165) is 28.5 Å². The first-order chi connectivity index (χ1) is 12.1. The van der Waals surface area contributed by atoms with Crippen molar-refractivity contribution in [2.75, 3.05) is 11.1 Å². The van der Waals surface area contributed by atoms with E-state index in [1.54, 1.807) is 23.5 Å². The van der Waals surface area contributed by atoms with Crippen molar-refractivity contribution in [1.82, 2.24) is 4.57 Å². The lowest BCUT2D eigenvalue weighted by Crippen LogP contribution is -2.17. The van der Waals surface area contributed by atoms with Crippen LogP contribution in [0.3, 0.4) is 0 Å². The van der Waals surface area contributed by atoms with Gasteiger partial charge in [-0.3, -0.25) is 4.79 Å². The summed E-state index contributed by atoms with van der Waals surface area (Å²) in [5.74, 6) is 1.22. The molecule has 1 aliphatic rings. The third-order valence-electron chi connectivity index (χ3n) is 4.05. The van der Waals surface area contributed by atoms with E-state index in [9.17, 15) is 9.18 Å². The number of hydrogen-bond acceptors (Lipinski definition) is 3. The van der Waals surface area contributed by atoms with Crippen LogP contribution < -0.4 is 5.32 Å². The summed E-state index contributed by atoms with van der Waals surface area (Å²) < 4.78 is 16.7. The first-order valence-corrected chi connectivity index (χ1v) is 10.5. The molecular formula is C18H14BrFN2OS2. The van der Waals surface area contributed by atoms with E-state index in [1.807, 2.05) is 40.9 Å². The van der Waals surface area contributed by atoms with Gasteiger partial charge in [0.2, 0.25) is 0 Å². The van der Waals surface area contributed by atoms with Crippen molar-refractivity contribution < 1.29 is 9.18 Å². The van der Waals surface area contributed by atoms with E-state index in [1.165, 1.54) is 10.9 Å². The number of carbonyl (C=O) groups excluding carboxylic acids is 1. The standard InChI is InChI=1S/C18H14BrFN2OS2/c19-11-3-4-14(13(20)9-11)21-17(23)16-12-5-8-24-10-15(12)25-18(16)22-6-1-2-7-22/h1-4,6-7,9H,5,8,10H2,(H,21,23). The molecule has 7 heteroatoms. The molecule has 128 valence electrons. The molecule has 0 unspecified atom stereocenters. The van der Waals surface area contributed by atoms with Gasteiger partial charge in [-0.2, -0.15) is 11.8 Å². The Morgan fingerprint density at radius 1 is 1.28 bits per heavy atom. The largest absolute Gasteiger partial charge is 0.319 e. The zero-order valence-corrected chi connectivity index (χ0v) is 16.3. The predicted octanol–water partition coefficient (Wildman–Crippen LogP) is 5.48. The number of halogens is 2. The van der Waals surface area contributed by atoms with Crippen molar-refractivity contribution in [2.45, 2.75) is 12.2 Å². The van der Waals surface area contributed by atoms with E-state index in [4.69, 9.17) is 0 Å². The quantitative estimate of drug-likeness (QED) is 0.589. The Balaban J connectivity index is 1.75. The second kappa shape index (κ2) is 6.97. The number of amides is 1. The highest BCUT2D eigenvalue weighted by Gasteiger charge is 2.26. The van der Waals surface area contributed by atoms with E-state index >= 15 is 0 Å². The fraction of sp³-hybridized carbons (Fsp3) is 0.167. The molecular weight excluding hydrogens is 423 g/mol. The van der Waals surface area contributed by atoms with Crippen molar-refractivity contribution in [3.05, 3.63) is 69.0 Å². The number of nitrogens with zero attached hydrogens (tertiary/aromatic N) is 1. The van der Waals surface area contributed by atoms with E-state index in [0.29, 0.717) is 10.0 Å². The Labute approximate surface area is 161 Å². The summed E-state index contributed by atoms with van der Waals surface area (Å²) in [6.07, 6.45) is 4.73. The smallest absolute Gasteiger partial charge is 0.259 e. The van der Waals surface area contributed by atoms with Gasteiger partial charge < -0.3 is 9.88 Å². The van der Waals surface area contributed by atoms with E-state index < -0.39 is 5.82 Å². The molecule has 0 bridgehead atoms. The molecule has 25 heavy (non-hydrogen) atoms. The SMILES string of the molecule is O=C(Nc1ccc(Br)cc1F)c1c(-n2cccc2)sc2c1CCSC2. The average molecular weight is 437 g/mol. The summed E-state index contributed by atoms with van der Waals surface area (Å²) in [5.41, 5.74) is 1.96. The molecule has 0 saturated carbocycles. The summed E-state index contributed by atoms with van der Waals surface area (Å²) >= 11 is 6.76. The summed E-state index contributed by atoms with van der Waals surface area (Å²) in [6, 6.07) is 8.50. The molecule has 3 nitrogen and oxygen atoms in total. The molecule has 2 aromatic heterocycles. The highest BCUT2D eigenvalue weighted by atomic mass is 79.9. The summed E-state index contributed by atoms with van der Waals surface area (Å²) in [5, 5.41) is 3.64. The molecule has 1 aromatic carbocycles. The average Bonchev–Trinajstić information content (AvgIpc) is 3.24. The fourth-order valence-electron chi connectivity index (χ4n) is 2.88. The van der Waals surface area contributed by atoms with Crippen molar-refractivity contribution in [1.29, 1.82) is 0 Å². The van der Waals surface area contributed by atoms with Crippen molar-refractivity contribution >= 4 is 50.6 Å². The molecule has 0 fully saturated rings. The monoisotopic (exact) mass is 436 g/mol. The van der Waals surface area contributed by atoms with Gasteiger partial charge in [0.25, 0.3) is 5.91 Å². The maximum Gasteiger partial charge on any atom is 0.259 e. The number of aromatic nitrogens is 1. The second-order valence-corrected chi connectivity index (χ2v) is 8.76. The summed E-state index contributed by atoms with van der Waals surface area (Å²) in [6.45, 7) is 0. The van der Waals surface area contributed by atoms with Crippen LogP contribution in [0.2, 0.25) is 0 Å². The highest BCUT2D eigenvalue weighted by Crippen LogP contribution is 2.38. The van der Waals surface area contributed by atoms with Gasteiger partial charge in [0.15, 0.2) is 0 Å². The molecule has 1 aliphatic heterocycles. The highest BCUT2D eigenvalue weighted by molar-refractivity contribution is 9.10. The van der Waals surface area contributed by atoms with Gasteiger partial charge in [-0.15, -0.1) is 11.3 Å². The lowest BCUT2D eigenvalue weighted by atomic mass is 10.1. The predicted molar refractivity (Wildman–Crippen MR) is 106 cm³/mol. The van der Waals surface area contributed by atoms with Gasteiger partial charge in [0, 0.05) is 27.5 Å². The second-order valence-electron chi connectivity index (χ2n) is 5.66. The molecule has 0 radical (unpaired) electrons. The zero-order valence-electron chi connectivity index (χ0n) is 13.1. The summed E-state index contributed by atoms with van der Waals surface area (Å²) in [7, 11) is 0. The molecule has 1 N–H and O–H groups in total. The maximum absolute atomic E-state index is 14.1. The lowest BCUT2D eigenvalue weighted by Gasteiger charge is -2.13. The van der Waals surface area contributed by atoms with Crippen LogP contribution in [0.25, 0.3) is 5.00 Å². The number of nitrogens with one attached hydrogen (secondary N) is 1. The number of benzene rings is 1. The minimum Gasteiger partial charge on any atom is -0.319 e. The molecule has 0 atom stereocenters. The van der Waals surface area contributed by atoms with Crippen LogP contribution in [-0.4, -0.2) is 16.2 Å². The minimum atomic E-state index is -0.454. The van der Waals surface area contributed by atoms with Crippen LogP contribution >= 0.6 is 39.0 Å². The van der Waals surface area contributed by atoms with Crippen LogP contribution in [0, 0.1) is 5.82 Å². The van der Waals surface area contributed by atoms with Crippen LogP contribution in [0.15, 0.2) is 47.2 Å². The van der Waals surface area contributed by atoms with Crippen LogP contribution in [0.5, 0.6) is 0 Å². The summed E-state index contributed by atoms with van der Waals surface area (Å²) in [4.78, 5) is 14.2. The first kappa shape index (κ1) is 16.9. The number of thioether (sulfide) groups is 1. The number of rotatable bonds is 3. The Morgan fingerprint density at radius 3 is 2.84 bits per heavy atom. The topological polar surface area (TPSA) is 34.0 Å². The van der Waals surface area contributed by atoms with Crippen LogP contribution in [0.4, 0.5) is 10.1 Å². The number of fused-ring (bicyclic) bond motifs is 1. The number of anilines is 1. The van der Waals surface area contributed by atoms with E-state index in [-0.39, 0.29) is 11.6 Å². The van der Waals surface area contributed by atoms with Crippen LogP contribution in [0.1, 0.15) is 20.8 Å². The molecule has 0 spiro atoms. The number of hydrogen-bond donors (Lipinski definition) is 1. The molecule has 0 saturated heterocycles. The molecule has 0 aliphatic carbocycles. The van der Waals surface area contributed by atoms with Gasteiger partial charge in [-0.05, 0) is 48.1 Å². The number of thiophene rings is 1. The van der Waals surface area contributed by atoms with Crippen molar-refractivity contribution in [3.8, 4) is 5.00 Å². The molecule has 1 amide bonds. The minimum absolute atomic E-state index is 0.191. The Morgan fingerprint density at radius 2 is 2.08 bits per heavy atom. The fourth-order valence-corrected chi connectivity index (χ4v) is 5.66. The lowest BCUT2D eigenvalue weighted by molar-refractivity contribution is 0.102. The van der Waals surface area contributed by atoms with Gasteiger partial charge in [-0.1, -0.05) is 15.9 Å². The van der Waals surface area contributed by atoms with Crippen molar-refractivity contribution in [3.63, 3.8) is 0 Å². The Bertz CT molecular complexity index is 937. The van der Waals surface area contributed by atoms with Gasteiger partial charge >= 0.3 is 0 Å². The van der Waals surface area contributed by atoms with E-state index in [2.05, 4.69) is 21.2 Å². The van der Waals surface area contributed by atoms with Gasteiger partial charge in [0.1, 0.15) is 10.8 Å². The first-order valence-electron chi connectivity index (χ1n) is 7.75. The van der Waals surface area contributed by atoms with Crippen LogP contribution in [-0.2, 0) is 12.2 Å². The third kappa shape index (κ3) is 3.28. The zero-order chi connectivity index (χ0) is 17.4.